The third-order valence-corrected chi connectivity index (χ3v) is 5.77. The minimum atomic E-state index is -0.726. The molecule has 1 aliphatic rings. The standard InChI is InChI=1S/C28H21FN6O/c29-24-16-22(33-21-9-12-31-13-10-21)6-8-27(24)35-28(36)19-2-4-20(5-3-19)34-26-11-14-32-25-7-1-18(17-30)15-23(25)26/h1-7,9-16,27H,8H2,(H,31,33)(H,32,34)(H,35,36). The molecular weight excluding hydrogens is 455 g/mol. The Kier molecular flexibility index (Phi) is 6.36. The van der Waals surface area contributed by atoms with Crippen LogP contribution in [0.15, 0.2) is 103 Å². The van der Waals surface area contributed by atoms with Crippen LogP contribution in [-0.4, -0.2) is 21.9 Å². The van der Waals surface area contributed by atoms with E-state index in [1.165, 1.54) is 6.08 Å². The van der Waals surface area contributed by atoms with Gasteiger partial charge in [0, 0.05) is 52.3 Å². The van der Waals surface area contributed by atoms with Crippen molar-refractivity contribution in [2.24, 2.45) is 0 Å². The topological polar surface area (TPSA) is 103 Å². The van der Waals surface area contributed by atoms with Crippen molar-refractivity contribution in [1.29, 1.82) is 5.26 Å². The Hall–Kier alpha value is -5.03. The first kappa shape index (κ1) is 22.7. The molecule has 0 spiro atoms. The summed E-state index contributed by atoms with van der Waals surface area (Å²) in [7, 11) is 0. The number of hydrogen-bond acceptors (Lipinski definition) is 6. The minimum Gasteiger partial charge on any atom is -0.356 e. The smallest absolute Gasteiger partial charge is 0.251 e. The largest absolute Gasteiger partial charge is 0.356 e. The van der Waals surface area contributed by atoms with Gasteiger partial charge in [0.2, 0.25) is 0 Å². The molecule has 1 unspecified atom stereocenters. The summed E-state index contributed by atoms with van der Waals surface area (Å²) in [4.78, 5) is 21.0. The second-order valence-electron chi connectivity index (χ2n) is 8.22. The Morgan fingerprint density at radius 1 is 0.972 bits per heavy atom. The van der Waals surface area contributed by atoms with E-state index in [1.807, 2.05) is 12.1 Å². The van der Waals surface area contributed by atoms with Crippen LogP contribution in [0, 0.1) is 11.3 Å². The van der Waals surface area contributed by atoms with Crippen LogP contribution in [0.2, 0.25) is 0 Å². The minimum absolute atomic E-state index is 0.334. The molecular formula is C28H21FN6O. The second-order valence-corrected chi connectivity index (χ2v) is 8.22. The average molecular weight is 477 g/mol. The fraction of sp³-hybridized carbons (Fsp3) is 0.0714. The van der Waals surface area contributed by atoms with Gasteiger partial charge in [-0.15, -0.1) is 0 Å². The van der Waals surface area contributed by atoms with Crippen molar-refractivity contribution in [3.8, 4) is 6.07 Å². The van der Waals surface area contributed by atoms with Crippen molar-refractivity contribution >= 4 is 33.9 Å². The zero-order chi connectivity index (χ0) is 24.9. The quantitative estimate of drug-likeness (QED) is 0.335. The van der Waals surface area contributed by atoms with E-state index >= 15 is 0 Å². The molecule has 176 valence electrons. The van der Waals surface area contributed by atoms with Crippen molar-refractivity contribution < 1.29 is 9.18 Å². The summed E-state index contributed by atoms with van der Waals surface area (Å²) in [5, 5.41) is 19.2. The molecule has 2 aromatic carbocycles. The molecule has 8 heteroatoms. The van der Waals surface area contributed by atoms with Gasteiger partial charge in [-0.1, -0.05) is 6.08 Å². The van der Waals surface area contributed by atoms with E-state index in [2.05, 4.69) is 32.0 Å². The first-order chi connectivity index (χ1) is 17.6. The average Bonchev–Trinajstić information content (AvgIpc) is 2.91. The summed E-state index contributed by atoms with van der Waals surface area (Å²) >= 11 is 0. The molecule has 1 atom stereocenters. The van der Waals surface area contributed by atoms with Crippen molar-refractivity contribution in [3.05, 3.63) is 114 Å². The number of anilines is 3. The Bertz CT molecular complexity index is 1520. The highest BCUT2D eigenvalue weighted by Crippen LogP contribution is 2.26. The highest BCUT2D eigenvalue weighted by molar-refractivity contribution is 5.96. The summed E-state index contributed by atoms with van der Waals surface area (Å²) in [6.07, 6.45) is 8.56. The number of hydrogen-bond donors (Lipinski definition) is 3. The lowest BCUT2D eigenvalue weighted by molar-refractivity contribution is 0.0938. The van der Waals surface area contributed by atoms with Crippen LogP contribution in [-0.2, 0) is 0 Å². The zero-order valence-electron chi connectivity index (χ0n) is 19.1. The molecule has 0 radical (unpaired) electrons. The maximum absolute atomic E-state index is 14.7. The van der Waals surface area contributed by atoms with E-state index in [0.717, 1.165) is 28.0 Å². The van der Waals surface area contributed by atoms with Gasteiger partial charge in [0.15, 0.2) is 0 Å². The van der Waals surface area contributed by atoms with Gasteiger partial charge in [-0.2, -0.15) is 5.26 Å². The molecule has 0 fully saturated rings. The van der Waals surface area contributed by atoms with Crippen LogP contribution >= 0.6 is 0 Å². The van der Waals surface area contributed by atoms with Crippen molar-refractivity contribution in [2.45, 2.75) is 12.5 Å². The van der Waals surface area contributed by atoms with E-state index in [-0.39, 0.29) is 5.91 Å². The SMILES string of the molecule is N#Cc1ccc2nccc(Nc3ccc(C(=O)NC4CC=C(Nc5ccncc5)C=C4F)cc3)c2c1. The lowest BCUT2D eigenvalue weighted by Crippen LogP contribution is -2.36. The van der Waals surface area contributed by atoms with Gasteiger partial charge in [0.1, 0.15) is 5.83 Å². The number of benzene rings is 2. The predicted molar refractivity (Wildman–Crippen MR) is 137 cm³/mol. The van der Waals surface area contributed by atoms with Gasteiger partial charge in [-0.3, -0.25) is 14.8 Å². The molecule has 1 aliphatic carbocycles. The first-order valence-corrected chi connectivity index (χ1v) is 11.3. The van der Waals surface area contributed by atoms with Gasteiger partial charge in [0.05, 0.1) is 23.2 Å². The van der Waals surface area contributed by atoms with Gasteiger partial charge in [-0.05, 0) is 73.2 Å². The number of nitrogens with zero attached hydrogens (tertiary/aromatic N) is 3. The molecule has 3 N–H and O–H groups in total. The molecule has 0 bridgehead atoms. The highest BCUT2D eigenvalue weighted by atomic mass is 19.1. The number of pyridine rings is 2. The molecule has 0 saturated heterocycles. The van der Waals surface area contributed by atoms with Gasteiger partial charge in [0.25, 0.3) is 5.91 Å². The maximum Gasteiger partial charge on any atom is 0.251 e. The fourth-order valence-electron chi connectivity index (χ4n) is 3.91. The number of allylic oxidation sites excluding steroid dienone is 1. The molecule has 2 aromatic heterocycles. The Morgan fingerprint density at radius 2 is 1.75 bits per heavy atom. The van der Waals surface area contributed by atoms with Crippen molar-refractivity contribution in [3.63, 3.8) is 0 Å². The lowest BCUT2D eigenvalue weighted by atomic mass is 10.0. The lowest BCUT2D eigenvalue weighted by Gasteiger charge is -2.21. The van der Waals surface area contributed by atoms with Crippen LogP contribution < -0.4 is 16.0 Å². The van der Waals surface area contributed by atoms with E-state index in [0.29, 0.717) is 23.2 Å². The number of nitriles is 1. The van der Waals surface area contributed by atoms with Crippen molar-refractivity contribution in [1.82, 2.24) is 15.3 Å². The van der Waals surface area contributed by atoms with E-state index in [9.17, 15) is 14.4 Å². The van der Waals surface area contributed by atoms with E-state index in [1.54, 1.807) is 73.2 Å². The second kappa shape index (κ2) is 10.1. The number of carbonyl (C=O) groups is 1. The molecule has 1 amide bonds. The Balaban J connectivity index is 1.23. The molecule has 5 rings (SSSR count). The molecule has 36 heavy (non-hydrogen) atoms. The number of rotatable bonds is 6. The third kappa shape index (κ3) is 5.05. The van der Waals surface area contributed by atoms with Crippen LogP contribution in [0.1, 0.15) is 22.3 Å². The number of halogens is 1. The number of aromatic nitrogens is 2. The molecule has 7 nitrogen and oxygen atoms in total. The number of amides is 1. The Labute approximate surface area is 207 Å². The normalized spacial score (nSPS) is 14.8. The molecule has 2 heterocycles. The van der Waals surface area contributed by atoms with E-state index in [4.69, 9.17) is 0 Å². The number of fused-ring (bicyclic) bond motifs is 1. The summed E-state index contributed by atoms with van der Waals surface area (Å²) in [5.41, 5.74) is 4.73. The van der Waals surface area contributed by atoms with Crippen LogP contribution in [0.25, 0.3) is 10.9 Å². The maximum atomic E-state index is 14.7. The fourth-order valence-corrected chi connectivity index (χ4v) is 3.91. The van der Waals surface area contributed by atoms with Crippen LogP contribution in [0.5, 0.6) is 0 Å². The first-order valence-electron chi connectivity index (χ1n) is 11.3. The van der Waals surface area contributed by atoms with Crippen LogP contribution in [0.3, 0.4) is 0 Å². The van der Waals surface area contributed by atoms with E-state index < -0.39 is 11.9 Å². The molecule has 0 aliphatic heterocycles. The third-order valence-electron chi connectivity index (χ3n) is 5.77. The summed E-state index contributed by atoms with van der Waals surface area (Å²) in [6, 6.07) is 19.0. The monoisotopic (exact) mass is 476 g/mol. The summed E-state index contributed by atoms with van der Waals surface area (Å²) < 4.78 is 14.7. The number of carbonyl (C=O) groups excluding carboxylic acids is 1. The zero-order valence-corrected chi connectivity index (χ0v) is 19.1. The van der Waals surface area contributed by atoms with Gasteiger partial charge < -0.3 is 16.0 Å². The summed E-state index contributed by atoms with van der Waals surface area (Å²) in [5.74, 6) is -0.774. The van der Waals surface area contributed by atoms with Gasteiger partial charge >= 0.3 is 0 Å². The Morgan fingerprint density at radius 3 is 2.50 bits per heavy atom. The number of nitrogens with one attached hydrogen (secondary N) is 3. The highest BCUT2D eigenvalue weighted by Gasteiger charge is 2.21. The molecule has 0 saturated carbocycles. The molecule has 4 aromatic rings. The van der Waals surface area contributed by atoms with Crippen molar-refractivity contribution in [2.75, 3.05) is 10.6 Å². The van der Waals surface area contributed by atoms with Gasteiger partial charge in [-0.25, -0.2) is 4.39 Å². The summed E-state index contributed by atoms with van der Waals surface area (Å²) in [6.45, 7) is 0. The van der Waals surface area contributed by atoms with Crippen LogP contribution in [0.4, 0.5) is 21.5 Å². The predicted octanol–water partition coefficient (Wildman–Crippen LogP) is 5.60.